The third-order valence-electron chi connectivity index (χ3n) is 4.17. The second-order valence-electron chi connectivity index (χ2n) is 6.09. The van der Waals surface area contributed by atoms with Gasteiger partial charge in [-0.2, -0.15) is 5.10 Å². The van der Waals surface area contributed by atoms with Gasteiger partial charge in [0.1, 0.15) is 0 Å². The van der Waals surface area contributed by atoms with Crippen LogP contribution in [0.1, 0.15) is 64.6 Å². The summed E-state index contributed by atoms with van der Waals surface area (Å²) < 4.78 is 2.12. The summed E-state index contributed by atoms with van der Waals surface area (Å²) >= 11 is 0. The lowest BCUT2D eigenvalue weighted by Gasteiger charge is -2.16. The summed E-state index contributed by atoms with van der Waals surface area (Å²) in [5, 5.41) is 8.40. The van der Waals surface area contributed by atoms with Crippen LogP contribution in [0.25, 0.3) is 0 Å². The van der Waals surface area contributed by atoms with Crippen LogP contribution in [0, 0.1) is 5.92 Å². The molecule has 19 heavy (non-hydrogen) atoms. The molecular formula is C16H29N3. The standard InChI is InChI=1S/C16H29N3/c1-4-6-14(12-17-15-7-8-15)11-16-9-10-19(18-16)13(3)5-2/h9-10,13-15,17H,4-8,11-12H2,1-3H3. The molecule has 0 aromatic carbocycles. The molecule has 108 valence electrons. The number of hydrogen-bond donors (Lipinski definition) is 1. The maximum absolute atomic E-state index is 4.73. The molecule has 0 amide bonds. The van der Waals surface area contributed by atoms with Crippen molar-refractivity contribution in [3.8, 4) is 0 Å². The van der Waals surface area contributed by atoms with Gasteiger partial charge in [0, 0.05) is 18.3 Å². The quantitative estimate of drug-likeness (QED) is 0.738. The molecule has 2 rings (SSSR count). The lowest BCUT2D eigenvalue weighted by Crippen LogP contribution is -2.26. The molecule has 1 aromatic rings. The van der Waals surface area contributed by atoms with Gasteiger partial charge in [0.15, 0.2) is 0 Å². The molecule has 0 radical (unpaired) electrons. The van der Waals surface area contributed by atoms with Crippen molar-refractivity contribution in [3.63, 3.8) is 0 Å². The molecule has 1 heterocycles. The van der Waals surface area contributed by atoms with E-state index in [4.69, 9.17) is 5.10 Å². The number of nitrogens with zero attached hydrogens (tertiary/aromatic N) is 2. The fourth-order valence-corrected chi connectivity index (χ4v) is 2.52. The van der Waals surface area contributed by atoms with Crippen LogP contribution >= 0.6 is 0 Å². The largest absolute Gasteiger partial charge is 0.314 e. The van der Waals surface area contributed by atoms with E-state index in [9.17, 15) is 0 Å². The van der Waals surface area contributed by atoms with Crippen molar-refractivity contribution in [1.82, 2.24) is 15.1 Å². The predicted molar refractivity (Wildman–Crippen MR) is 80.4 cm³/mol. The van der Waals surface area contributed by atoms with Crippen molar-refractivity contribution in [2.24, 2.45) is 5.92 Å². The molecule has 3 nitrogen and oxygen atoms in total. The molecular weight excluding hydrogens is 234 g/mol. The van der Waals surface area contributed by atoms with Gasteiger partial charge in [-0.3, -0.25) is 4.68 Å². The van der Waals surface area contributed by atoms with Crippen LogP contribution in [-0.4, -0.2) is 22.4 Å². The highest BCUT2D eigenvalue weighted by Gasteiger charge is 2.22. The minimum Gasteiger partial charge on any atom is -0.314 e. The third kappa shape index (κ3) is 4.64. The molecule has 1 saturated carbocycles. The second kappa shape index (κ2) is 7.09. The lowest BCUT2D eigenvalue weighted by molar-refractivity contribution is 0.424. The summed E-state index contributed by atoms with van der Waals surface area (Å²) in [5.41, 5.74) is 1.26. The lowest BCUT2D eigenvalue weighted by atomic mass is 9.98. The molecule has 3 heteroatoms. The molecule has 0 spiro atoms. The van der Waals surface area contributed by atoms with Gasteiger partial charge in [0.2, 0.25) is 0 Å². The zero-order valence-corrected chi connectivity index (χ0v) is 12.7. The summed E-state index contributed by atoms with van der Waals surface area (Å²) in [5.74, 6) is 0.742. The van der Waals surface area contributed by atoms with Gasteiger partial charge in [-0.15, -0.1) is 0 Å². The van der Waals surface area contributed by atoms with E-state index in [1.807, 2.05) is 0 Å². The smallest absolute Gasteiger partial charge is 0.0627 e. The molecule has 0 aliphatic heterocycles. The first kappa shape index (κ1) is 14.6. The number of hydrogen-bond acceptors (Lipinski definition) is 2. The fourth-order valence-electron chi connectivity index (χ4n) is 2.52. The summed E-state index contributed by atoms with van der Waals surface area (Å²) in [6.07, 6.45) is 9.72. The SMILES string of the molecule is CCCC(CNC1CC1)Cc1ccn(C(C)CC)n1. The van der Waals surface area contributed by atoms with E-state index in [1.54, 1.807) is 0 Å². The monoisotopic (exact) mass is 263 g/mol. The van der Waals surface area contributed by atoms with Gasteiger partial charge < -0.3 is 5.32 Å². The topological polar surface area (TPSA) is 29.9 Å². The van der Waals surface area contributed by atoms with Crippen molar-refractivity contribution >= 4 is 0 Å². The summed E-state index contributed by atoms with van der Waals surface area (Å²) in [6.45, 7) is 7.89. The fraction of sp³-hybridized carbons (Fsp3) is 0.812. The van der Waals surface area contributed by atoms with Gasteiger partial charge in [0.25, 0.3) is 0 Å². The van der Waals surface area contributed by atoms with Crippen molar-refractivity contribution in [1.29, 1.82) is 0 Å². The zero-order chi connectivity index (χ0) is 13.7. The van der Waals surface area contributed by atoms with E-state index in [-0.39, 0.29) is 0 Å². The Kier molecular flexibility index (Phi) is 5.44. The first-order chi connectivity index (χ1) is 9.22. The van der Waals surface area contributed by atoms with Crippen LogP contribution < -0.4 is 5.32 Å². The molecule has 2 atom stereocenters. The van der Waals surface area contributed by atoms with Gasteiger partial charge >= 0.3 is 0 Å². The molecule has 1 fully saturated rings. The average Bonchev–Trinajstić information content (AvgIpc) is 3.13. The van der Waals surface area contributed by atoms with Crippen LogP contribution in [0.5, 0.6) is 0 Å². The highest BCUT2D eigenvalue weighted by molar-refractivity contribution is 5.01. The van der Waals surface area contributed by atoms with Crippen LogP contribution in [-0.2, 0) is 6.42 Å². The van der Waals surface area contributed by atoms with Crippen molar-refractivity contribution in [2.45, 2.75) is 71.4 Å². The maximum Gasteiger partial charge on any atom is 0.0627 e. The van der Waals surface area contributed by atoms with E-state index in [2.05, 4.69) is 43.0 Å². The van der Waals surface area contributed by atoms with Gasteiger partial charge in [-0.1, -0.05) is 20.3 Å². The zero-order valence-electron chi connectivity index (χ0n) is 12.7. The van der Waals surface area contributed by atoms with Crippen LogP contribution in [0.3, 0.4) is 0 Å². The Labute approximate surface area is 117 Å². The third-order valence-corrected chi connectivity index (χ3v) is 4.17. The maximum atomic E-state index is 4.73. The average molecular weight is 263 g/mol. The predicted octanol–water partition coefficient (Wildman–Crippen LogP) is 3.56. The highest BCUT2D eigenvalue weighted by atomic mass is 15.3. The molecule has 2 unspecified atom stereocenters. The van der Waals surface area contributed by atoms with Gasteiger partial charge in [-0.05, 0) is 57.6 Å². The molecule has 1 aromatic heterocycles. The Morgan fingerprint density at radius 1 is 1.42 bits per heavy atom. The Hall–Kier alpha value is -0.830. The summed E-state index contributed by atoms with van der Waals surface area (Å²) in [6, 6.07) is 3.53. The first-order valence-electron chi connectivity index (χ1n) is 8.00. The normalized spacial score (nSPS) is 18.5. The van der Waals surface area contributed by atoms with E-state index in [0.29, 0.717) is 6.04 Å². The van der Waals surface area contributed by atoms with E-state index >= 15 is 0 Å². The molecule has 1 aliphatic rings. The summed E-state index contributed by atoms with van der Waals surface area (Å²) in [7, 11) is 0. The Balaban J connectivity index is 1.85. The first-order valence-corrected chi connectivity index (χ1v) is 8.00. The van der Waals surface area contributed by atoms with Crippen molar-refractivity contribution in [2.75, 3.05) is 6.54 Å². The summed E-state index contributed by atoms with van der Waals surface area (Å²) in [4.78, 5) is 0. The van der Waals surface area contributed by atoms with Gasteiger partial charge in [0.05, 0.1) is 5.69 Å². The van der Waals surface area contributed by atoms with E-state index in [0.717, 1.165) is 31.3 Å². The molecule has 0 saturated heterocycles. The van der Waals surface area contributed by atoms with Crippen LogP contribution in [0.2, 0.25) is 0 Å². The van der Waals surface area contributed by atoms with Gasteiger partial charge in [-0.25, -0.2) is 0 Å². The Morgan fingerprint density at radius 2 is 2.21 bits per heavy atom. The Bertz CT molecular complexity index is 368. The molecule has 0 bridgehead atoms. The second-order valence-corrected chi connectivity index (χ2v) is 6.09. The van der Waals surface area contributed by atoms with Crippen molar-refractivity contribution < 1.29 is 0 Å². The molecule has 1 N–H and O–H groups in total. The minimum absolute atomic E-state index is 0.517. The molecule has 1 aliphatic carbocycles. The number of rotatable bonds is 9. The van der Waals surface area contributed by atoms with Crippen molar-refractivity contribution in [3.05, 3.63) is 18.0 Å². The van der Waals surface area contributed by atoms with Crippen LogP contribution in [0.4, 0.5) is 0 Å². The minimum atomic E-state index is 0.517. The Morgan fingerprint density at radius 3 is 2.84 bits per heavy atom. The van der Waals surface area contributed by atoms with E-state index < -0.39 is 0 Å². The number of nitrogens with one attached hydrogen (secondary N) is 1. The number of aromatic nitrogens is 2. The van der Waals surface area contributed by atoms with E-state index in [1.165, 1.54) is 31.4 Å². The van der Waals surface area contributed by atoms with Crippen LogP contribution in [0.15, 0.2) is 12.3 Å². The highest BCUT2D eigenvalue weighted by Crippen LogP contribution is 2.20.